The summed E-state index contributed by atoms with van der Waals surface area (Å²) in [4.78, 5) is 0. The molecule has 1 aromatic heterocycles. The Kier molecular flexibility index (Phi) is 14.3. The van der Waals surface area contributed by atoms with Crippen LogP contribution in [0.4, 0.5) is 0 Å². The maximum Gasteiger partial charge on any atom is 0.169 e. The number of nitrogens with zero attached hydrogens (tertiary/aromatic N) is 1. The van der Waals surface area contributed by atoms with Crippen molar-refractivity contribution in [2.45, 2.75) is 84.6 Å². The molecule has 0 N–H and O–H groups in total. The summed E-state index contributed by atoms with van der Waals surface area (Å²) in [7, 11) is 4.57. The van der Waals surface area contributed by atoms with Crippen LogP contribution in [0.15, 0.2) is 33.4 Å². The average molecular weight is 608 g/mol. The van der Waals surface area contributed by atoms with Gasteiger partial charge in [-0.3, -0.25) is 0 Å². The number of unbranched alkanes of at least 4 members (excludes halogenated alkanes) is 7. The lowest BCUT2D eigenvalue weighted by Gasteiger charge is -2.28. The van der Waals surface area contributed by atoms with E-state index in [9.17, 15) is 0 Å². The maximum absolute atomic E-state index is 6.29. The highest BCUT2D eigenvalue weighted by atomic mass is 79.9. The van der Waals surface area contributed by atoms with Gasteiger partial charge in [0.15, 0.2) is 10.4 Å². The summed E-state index contributed by atoms with van der Waals surface area (Å²) in [6.07, 6.45) is 10.3. The Morgan fingerprint density at radius 3 is 2.15 bits per heavy atom. The average Bonchev–Trinajstić information content (AvgIpc) is 3.11. The number of rotatable bonds is 15. The van der Waals surface area contributed by atoms with Crippen LogP contribution in [-0.4, -0.2) is 31.7 Å². The van der Waals surface area contributed by atoms with Crippen molar-refractivity contribution in [2.75, 3.05) is 27.2 Å². The topological polar surface area (TPSA) is 22.4 Å². The fourth-order valence-electron chi connectivity index (χ4n) is 4.07. The predicted octanol–water partition coefficient (Wildman–Crippen LogP) is 5.91. The fraction of sp³-hybridized carbons (Fsp3) is 0.630. The van der Waals surface area contributed by atoms with Crippen LogP contribution in [0.5, 0.6) is 5.75 Å². The first-order valence-corrected chi connectivity index (χ1v) is 13.3. The second kappa shape index (κ2) is 15.5. The lowest BCUT2D eigenvalue weighted by molar-refractivity contribution is -0.904. The van der Waals surface area contributed by atoms with Crippen LogP contribution in [0.25, 0.3) is 0 Å². The van der Waals surface area contributed by atoms with E-state index in [1.165, 1.54) is 57.1 Å². The second-order valence-electron chi connectivity index (χ2n) is 9.99. The van der Waals surface area contributed by atoms with Gasteiger partial charge in [0.05, 0.1) is 27.2 Å². The summed E-state index contributed by atoms with van der Waals surface area (Å²) < 4.78 is 13.6. The van der Waals surface area contributed by atoms with E-state index in [4.69, 9.17) is 20.8 Å². The summed E-state index contributed by atoms with van der Waals surface area (Å²) >= 11 is 9.67. The van der Waals surface area contributed by atoms with E-state index < -0.39 is 0 Å². The molecule has 0 bridgehead atoms. The number of quaternary nitrogens is 1. The van der Waals surface area contributed by atoms with E-state index in [0.29, 0.717) is 5.92 Å². The minimum absolute atomic E-state index is 0. The van der Waals surface area contributed by atoms with Crippen LogP contribution >= 0.6 is 27.5 Å². The number of hydrogen-bond acceptors (Lipinski definition) is 2. The molecule has 2 rings (SSSR count). The number of aryl methyl sites for hydroxylation is 1. The van der Waals surface area contributed by atoms with Crippen LogP contribution in [0, 0.1) is 6.92 Å². The molecule has 0 aliphatic carbocycles. The Bertz CT molecular complexity index is 820. The molecular formula is C27H42Br2ClNO2. The molecule has 0 saturated heterocycles. The first-order valence-electron chi connectivity index (χ1n) is 12.2. The van der Waals surface area contributed by atoms with Gasteiger partial charge >= 0.3 is 0 Å². The zero-order valence-electron chi connectivity index (χ0n) is 21.1. The molecule has 0 amide bonds. The third-order valence-electron chi connectivity index (χ3n) is 6.04. The molecule has 0 fully saturated rings. The Labute approximate surface area is 225 Å². The Morgan fingerprint density at radius 2 is 1.58 bits per heavy atom. The van der Waals surface area contributed by atoms with Crippen molar-refractivity contribution in [1.82, 2.24) is 0 Å². The number of ether oxygens (including phenoxy) is 1. The van der Waals surface area contributed by atoms with Crippen molar-refractivity contribution in [3.8, 4) is 5.75 Å². The van der Waals surface area contributed by atoms with Crippen molar-refractivity contribution in [2.24, 2.45) is 0 Å². The molecule has 0 unspecified atom stereocenters. The number of benzene rings is 1. The summed E-state index contributed by atoms with van der Waals surface area (Å²) in [5, 5.41) is 0.828. The molecule has 1 aromatic carbocycles. The van der Waals surface area contributed by atoms with Crippen molar-refractivity contribution in [3.05, 3.63) is 50.8 Å². The predicted molar refractivity (Wildman–Crippen MR) is 140 cm³/mol. The zero-order valence-corrected chi connectivity index (χ0v) is 25.0. The third kappa shape index (κ3) is 11.7. The molecular weight excluding hydrogens is 566 g/mol. The minimum atomic E-state index is 0. The molecule has 0 aliphatic rings. The Morgan fingerprint density at radius 1 is 0.970 bits per heavy atom. The maximum atomic E-state index is 6.29. The molecule has 0 spiro atoms. The molecule has 0 saturated carbocycles. The van der Waals surface area contributed by atoms with Crippen LogP contribution in [-0.2, 0) is 6.54 Å². The number of hydrogen-bond donors (Lipinski definition) is 0. The normalized spacial score (nSPS) is 11.6. The van der Waals surface area contributed by atoms with Crippen molar-refractivity contribution in [3.63, 3.8) is 0 Å². The van der Waals surface area contributed by atoms with E-state index in [2.05, 4.69) is 62.1 Å². The molecule has 0 radical (unpaired) electrons. The molecule has 33 heavy (non-hydrogen) atoms. The van der Waals surface area contributed by atoms with E-state index in [-0.39, 0.29) is 17.0 Å². The first kappa shape index (κ1) is 30.5. The van der Waals surface area contributed by atoms with E-state index in [0.717, 1.165) is 50.8 Å². The summed E-state index contributed by atoms with van der Waals surface area (Å²) in [5.74, 6) is 2.47. The van der Waals surface area contributed by atoms with E-state index in [1.807, 2.05) is 13.0 Å². The third-order valence-corrected chi connectivity index (χ3v) is 6.87. The zero-order chi connectivity index (χ0) is 23.6. The Hall–Kier alpha value is -0.490. The van der Waals surface area contributed by atoms with Gasteiger partial charge in [-0.25, -0.2) is 0 Å². The van der Waals surface area contributed by atoms with Gasteiger partial charge in [-0.05, 0) is 83.4 Å². The van der Waals surface area contributed by atoms with Gasteiger partial charge in [0, 0.05) is 5.02 Å². The van der Waals surface area contributed by atoms with Gasteiger partial charge < -0.3 is 30.6 Å². The largest absolute Gasteiger partial charge is 1.00 e. The van der Waals surface area contributed by atoms with Gasteiger partial charge in [-0.1, -0.05) is 57.6 Å². The van der Waals surface area contributed by atoms with Gasteiger partial charge in [0.1, 0.15) is 12.3 Å². The number of furan rings is 1. The molecule has 3 nitrogen and oxygen atoms in total. The van der Waals surface area contributed by atoms with E-state index >= 15 is 0 Å². The highest BCUT2D eigenvalue weighted by Gasteiger charge is 2.17. The molecule has 188 valence electrons. The number of halogens is 3. The summed E-state index contributed by atoms with van der Waals surface area (Å²) in [5.41, 5.74) is 2.29. The van der Waals surface area contributed by atoms with Crippen LogP contribution < -0.4 is 21.7 Å². The van der Waals surface area contributed by atoms with Gasteiger partial charge in [-0.2, -0.15) is 0 Å². The van der Waals surface area contributed by atoms with Gasteiger partial charge in [-0.15, -0.1) is 0 Å². The summed E-state index contributed by atoms with van der Waals surface area (Å²) in [6.45, 7) is 9.34. The highest BCUT2D eigenvalue weighted by molar-refractivity contribution is 9.10. The van der Waals surface area contributed by atoms with Crippen molar-refractivity contribution < 1.29 is 30.6 Å². The fourth-order valence-corrected chi connectivity index (χ4v) is 4.58. The molecule has 0 atom stereocenters. The molecule has 1 heterocycles. The highest BCUT2D eigenvalue weighted by Crippen LogP contribution is 2.32. The van der Waals surface area contributed by atoms with Gasteiger partial charge in [0.25, 0.3) is 0 Å². The minimum Gasteiger partial charge on any atom is -1.00 e. The van der Waals surface area contributed by atoms with Crippen molar-refractivity contribution in [1.29, 1.82) is 0 Å². The lowest BCUT2D eigenvalue weighted by Crippen LogP contribution is -3.00. The van der Waals surface area contributed by atoms with Crippen LogP contribution in [0.3, 0.4) is 0 Å². The first-order chi connectivity index (χ1) is 15.2. The monoisotopic (exact) mass is 605 g/mol. The van der Waals surface area contributed by atoms with Crippen LogP contribution in [0.1, 0.15) is 88.0 Å². The van der Waals surface area contributed by atoms with Crippen molar-refractivity contribution >= 4 is 27.5 Å². The SMILES string of the molecule is Cc1cc(OCCCCCCCCCC[N+](C)(C)Cc2ccc(Br)o2)c(C(C)C)cc1Cl.[Br-]. The molecule has 0 aliphatic heterocycles. The Balaban J connectivity index is 0.00000544. The molecule has 2 aromatic rings. The van der Waals surface area contributed by atoms with Gasteiger partial charge in [0.2, 0.25) is 0 Å². The van der Waals surface area contributed by atoms with Crippen LogP contribution in [0.2, 0.25) is 5.02 Å². The standard InChI is InChI=1S/C27H42BrClNO2.BrH/c1-21(2)24-19-25(29)22(3)18-26(24)31-17-13-11-9-7-6-8-10-12-16-30(4,5)20-23-14-15-27(28)32-23;/h14-15,18-19,21H,6-13,16-17,20H2,1-5H3;1H/q+1;/p-1. The molecule has 6 heteroatoms. The van der Waals surface area contributed by atoms with E-state index in [1.54, 1.807) is 0 Å². The second-order valence-corrected chi connectivity index (χ2v) is 11.2. The summed E-state index contributed by atoms with van der Waals surface area (Å²) in [6, 6.07) is 8.19. The quantitative estimate of drug-likeness (QED) is 0.186. The lowest BCUT2D eigenvalue weighted by atomic mass is 10.0. The smallest absolute Gasteiger partial charge is 0.169 e.